The molecule has 0 heterocycles. The Hall–Kier alpha value is -0.0400. The Morgan fingerprint density at radius 2 is 1.58 bits per heavy atom. The molecule has 24 heavy (non-hydrogen) atoms. The third kappa shape index (κ3) is 4.77. The van der Waals surface area contributed by atoms with E-state index in [4.69, 9.17) is 0 Å². The van der Waals surface area contributed by atoms with Crippen molar-refractivity contribution < 1.29 is 0 Å². The van der Waals surface area contributed by atoms with Crippen LogP contribution in [0.3, 0.4) is 0 Å². The highest BCUT2D eigenvalue weighted by Gasteiger charge is 2.43. The SMILES string of the molecule is CNCC1CCCCCC2CC(C)CCC2(C)C(C)CCC1(C)C. The van der Waals surface area contributed by atoms with Gasteiger partial charge >= 0.3 is 0 Å². The molecule has 5 unspecified atom stereocenters. The zero-order chi connectivity index (χ0) is 17.8. The van der Waals surface area contributed by atoms with Gasteiger partial charge in [-0.25, -0.2) is 0 Å². The van der Waals surface area contributed by atoms with Crippen molar-refractivity contribution in [3.8, 4) is 0 Å². The van der Waals surface area contributed by atoms with Gasteiger partial charge in [0.25, 0.3) is 0 Å². The van der Waals surface area contributed by atoms with Gasteiger partial charge in [0.2, 0.25) is 0 Å². The highest BCUT2D eigenvalue weighted by atomic mass is 14.8. The second kappa shape index (κ2) is 8.56. The van der Waals surface area contributed by atoms with Crippen molar-refractivity contribution in [3.63, 3.8) is 0 Å². The zero-order valence-electron chi connectivity index (χ0n) is 17.6. The fraction of sp³-hybridized carbons (Fsp3) is 1.00. The third-order valence-electron chi connectivity index (χ3n) is 8.30. The molecule has 2 aliphatic rings. The average molecular weight is 336 g/mol. The summed E-state index contributed by atoms with van der Waals surface area (Å²) in [7, 11) is 2.13. The number of fused-ring (bicyclic) bond motifs is 1. The van der Waals surface area contributed by atoms with Gasteiger partial charge in [0, 0.05) is 0 Å². The molecule has 2 fully saturated rings. The predicted octanol–water partition coefficient (Wildman–Crippen LogP) is 6.67. The summed E-state index contributed by atoms with van der Waals surface area (Å²) in [5, 5.41) is 3.47. The molecule has 142 valence electrons. The van der Waals surface area contributed by atoms with Gasteiger partial charge in [0.05, 0.1) is 0 Å². The van der Waals surface area contributed by atoms with E-state index in [0.29, 0.717) is 10.8 Å². The second-order valence-corrected chi connectivity index (χ2v) is 10.4. The summed E-state index contributed by atoms with van der Waals surface area (Å²) in [6, 6.07) is 0. The Labute approximate surface area is 152 Å². The molecule has 0 aromatic carbocycles. The van der Waals surface area contributed by atoms with E-state index in [2.05, 4.69) is 47.0 Å². The summed E-state index contributed by atoms with van der Waals surface area (Å²) in [5.41, 5.74) is 1.07. The lowest BCUT2D eigenvalue weighted by Gasteiger charge is -2.49. The first-order valence-corrected chi connectivity index (χ1v) is 10.9. The van der Waals surface area contributed by atoms with Crippen molar-refractivity contribution >= 4 is 0 Å². The Bertz CT molecular complexity index is 374. The maximum absolute atomic E-state index is 3.47. The van der Waals surface area contributed by atoms with E-state index >= 15 is 0 Å². The molecular formula is C23H45N. The lowest BCUT2D eigenvalue weighted by molar-refractivity contribution is 0.0101. The van der Waals surface area contributed by atoms with Gasteiger partial charge in [-0.05, 0) is 86.6 Å². The fourth-order valence-corrected chi connectivity index (χ4v) is 5.83. The number of hydrogen-bond acceptors (Lipinski definition) is 1. The molecule has 1 N–H and O–H groups in total. The third-order valence-corrected chi connectivity index (χ3v) is 8.30. The zero-order valence-corrected chi connectivity index (χ0v) is 17.6. The van der Waals surface area contributed by atoms with Crippen molar-refractivity contribution in [1.82, 2.24) is 5.32 Å². The topological polar surface area (TPSA) is 12.0 Å². The molecule has 0 spiro atoms. The van der Waals surface area contributed by atoms with Crippen LogP contribution in [-0.2, 0) is 0 Å². The van der Waals surface area contributed by atoms with Crippen LogP contribution in [-0.4, -0.2) is 13.6 Å². The van der Waals surface area contributed by atoms with E-state index in [0.717, 1.165) is 23.7 Å². The van der Waals surface area contributed by atoms with Gasteiger partial charge < -0.3 is 5.32 Å². The maximum atomic E-state index is 3.47. The Balaban J connectivity index is 2.13. The van der Waals surface area contributed by atoms with Crippen LogP contribution in [0.25, 0.3) is 0 Å². The molecular weight excluding hydrogens is 290 g/mol. The van der Waals surface area contributed by atoms with E-state index in [9.17, 15) is 0 Å². The van der Waals surface area contributed by atoms with Gasteiger partial charge in [-0.1, -0.05) is 60.3 Å². The molecule has 2 aliphatic carbocycles. The number of hydrogen-bond donors (Lipinski definition) is 1. The van der Waals surface area contributed by atoms with Crippen LogP contribution < -0.4 is 5.32 Å². The quantitative estimate of drug-likeness (QED) is 0.594. The van der Waals surface area contributed by atoms with Gasteiger partial charge in [-0.2, -0.15) is 0 Å². The molecule has 0 aromatic rings. The molecule has 0 bridgehead atoms. The van der Waals surface area contributed by atoms with Gasteiger partial charge in [0.15, 0.2) is 0 Å². The van der Waals surface area contributed by atoms with Crippen molar-refractivity contribution in [2.75, 3.05) is 13.6 Å². The lowest BCUT2D eigenvalue weighted by Crippen LogP contribution is -2.40. The minimum Gasteiger partial charge on any atom is -0.319 e. The molecule has 1 nitrogen and oxygen atoms in total. The van der Waals surface area contributed by atoms with Gasteiger partial charge in [0.1, 0.15) is 0 Å². The first-order valence-electron chi connectivity index (χ1n) is 10.9. The number of rotatable bonds is 2. The minimum atomic E-state index is 0.476. The monoisotopic (exact) mass is 335 g/mol. The summed E-state index contributed by atoms with van der Waals surface area (Å²) < 4.78 is 0. The van der Waals surface area contributed by atoms with Crippen LogP contribution in [0.15, 0.2) is 0 Å². The van der Waals surface area contributed by atoms with Crippen molar-refractivity contribution in [2.24, 2.45) is 34.5 Å². The fourth-order valence-electron chi connectivity index (χ4n) is 5.83. The van der Waals surface area contributed by atoms with Crippen LogP contribution in [0.1, 0.15) is 98.8 Å². The Morgan fingerprint density at radius 3 is 2.29 bits per heavy atom. The lowest BCUT2D eigenvalue weighted by atomic mass is 9.56. The smallest absolute Gasteiger partial charge is 0.00184 e. The Kier molecular flexibility index (Phi) is 7.23. The normalized spacial score (nSPS) is 41.8. The van der Waals surface area contributed by atoms with E-state index in [1.807, 2.05) is 0 Å². The molecule has 2 rings (SSSR count). The van der Waals surface area contributed by atoms with Crippen LogP contribution in [0.5, 0.6) is 0 Å². The highest BCUT2D eigenvalue weighted by molar-refractivity contribution is 4.93. The highest BCUT2D eigenvalue weighted by Crippen LogP contribution is 2.52. The summed E-state index contributed by atoms with van der Waals surface area (Å²) in [5.74, 6) is 3.65. The first-order chi connectivity index (χ1) is 11.3. The number of nitrogens with one attached hydrogen (secondary N) is 1. The molecule has 0 radical (unpaired) electrons. The average Bonchev–Trinajstić information content (AvgIpc) is 2.53. The molecule has 1 heteroatoms. The summed E-state index contributed by atoms with van der Waals surface area (Å²) in [4.78, 5) is 0. The second-order valence-electron chi connectivity index (χ2n) is 10.4. The molecule has 0 aromatic heterocycles. The molecule has 5 atom stereocenters. The molecule has 0 aliphatic heterocycles. The Morgan fingerprint density at radius 1 is 0.875 bits per heavy atom. The molecule has 0 amide bonds. The molecule has 2 saturated carbocycles. The van der Waals surface area contributed by atoms with Crippen LogP contribution in [0, 0.1) is 34.5 Å². The van der Waals surface area contributed by atoms with Crippen LogP contribution in [0.2, 0.25) is 0 Å². The van der Waals surface area contributed by atoms with Gasteiger partial charge in [-0.3, -0.25) is 0 Å². The van der Waals surface area contributed by atoms with Crippen molar-refractivity contribution in [1.29, 1.82) is 0 Å². The molecule has 0 saturated heterocycles. The largest absolute Gasteiger partial charge is 0.319 e. The summed E-state index contributed by atoms with van der Waals surface area (Å²) >= 11 is 0. The van der Waals surface area contributed by atoms with Crippen molar-refractivity contribution in [3.05, 3.63) is 0 Å². The van der Waals surface area contributed by atoms with E-state index in [1.165, 1.54) is 70.8 Å². The van der Waals surface area contributed by atoms with E-state index in [-0.39, 0.29) is 0 Å². The summed E-state index contributed by atoms with van der Waals surface area (Å²) in [6.07, 6.45) is 14.5. The van der Waals surface area contributed by atoms with Crippen LogP contribution >= 0.6 is 0 Å². The summed E-state index contributed by atoms with van der Waals surface area (Å²) in [6.45, 7) is 14.0. The minimum absolute atomic E-state index is 0.476. The van der Waals surface area contributed by atoms with E-state index in [1.54, 1.807) is 0 Å². The maximum Gasteiger partial charge on any atom is -0.00184 e. The van der Waals surface area contributed by atoms with E-state index < -0.39 is 0 Å². The standard InChI is InChI=1S/C23H45N/c1-18-12-15-23(5)19(2)13-14-22(3,4)21(17-24-6)11-9-7-8-10-20(23)16-18/h18-21,24H,7-17H2,1-6H3. The van der Waals surface area contributed by atoms with Crippen LogP contribution in [0.4, 0.5) is 0 Å². The first kappa shape index (κ1) is 20.3. The van der Waals surface area contributed by atoms with Gasteiger partial charge in [-0.15, -0.1) is 0 Å². The van der Waals surface area contributed by atoms with Crippen molar-refractivity contribution in [2.45, 2.75) is 98.8 Å². The predicted molar refractivity (Wildman–Crippen MR) is 107 cm³/mol.